The Balaban J connectivity index is 2.47. The summed E-state index contributed by atoms with van der Waals surface area (Å²) in [6.07, 6.45) is -1.18. The highest BCUT2D eigenvalue weighted by molar-refractivity contribution is 7.91. The zero-order chi connectivity index (χ0) is 14.4. The Morgan fingerprint density at radius 2 is 2.16 bits per heavy atom. The summed E-state index contributed by atoms with van der Waals surface area (Å²) in [5, 5.41) is 18.5. The number of carbonyl (C=O) groups is 1. The fourth-order valence-corrected chi connectivity index (χ4v) is 5.06. The average Bonchev–Trinajstić information content (AvgIpc) is 2.82. The van der Waals surface area contributed by atoms with Crippen LogP contribution >= 0.6 is 11.3 Å². The van der Waals surface area contributed by atoms with E-state index in [0.29, 0.717) is 11.3 Å². The highest BCUT2D eigenvalue weighted by atomic mass is 32.2. The smallest absolute Gasteiger partial charge is 0.322 e. The van der Waals surface area contributed by atoms with Crippen LogP contribution in [0.4, 0.5) is 0 Å². The number of H-pyrrole nitrogens is 1. The number of aliphatic hydroxyl groups is 1. The van der Waals surface area contributed by atoms with Gasteiger partial charge in [0.1, 0.15) is 6.04 Å². The highest BCUT2D eigenvalue weighted by Crippen LogP contribution is 2.28. The summed E-state index contributed by atoms with van der Waals surface area (Å²) in [6.45, 7) is 1.14. The summed E-state index contributed by atoms with van der Waals surface area (Å²) in [4.78, 5) is 24.0. The molecule has 0 spiro atoms. The molecular weight excluding hydrogens is 296 g/mol. The number of sulfonamides is 1. The Bertz CT molecular complexity index is 660. The molecule has 106 valence electrons. The van der Waals surface area contributed by atoms with Gasteiger partial charge in [-0.2, -0.15) is 4.31 Å². The Morgan fingerprint density at radius 1 is 1.53 bits per heavy atom. The molecule has 1 aliphatic heterocycles. The largest absolute Gasteiger partial charge is 0.480 e. The number of aryl methyl sites for hydroxylation is 1. The third-order valence-electron chi connectivity index (χ3n) is 2.84. The van der Waals surface area contributed by atoms with Crippen LogP contribution in [-0.2, 0) is 14.8 Å². The second kappa shape index (κ2) is 4.71. The monoisotopic (exact) mass is 308 g/mol. The van der Waals surface area contributed by atoms with Gasteiger partial charge >= 0.3 is 10.8 Å². The molecule has 3 N–H and O–H groups in total. The van der Waals surface area contributed by atoms with Gasteiger partial charge in [0.25, 0.3) is 10.0 Å². The molecule has 2 atom stereocenters. The van der Waals surface area contributed by atoms with Gasteiger partial charge in [-0.25, -0.2) is 8.42 Å². The summed E-state index contributed by atoms with van der Waals surface area (Å²) < 4.78 is 25.2. The zero-order valence-corrected chi connectivity index (χ0v) is 11.5. The molecule has 0 aliphatic carbocycles. The molecule has 0 radical (unpaired) electrons. The number of hydrogen-bond acceptors (Lipinski definition) is 6. The maximum Gasteiger partial charge on any atom is 0.322 e. The number of β-amino-alcohol motifs (C(OH)–C–C–N with tert-alkyl or cyclic N) is 1. The molecule has 2 rings (SSSR count). The Hall–Kier alpha value is -1.23. The molecule has 0 bridgehead atoms. The van der Waals surface area contributed by atoms with Crippen molar-refractivity contribution in [3.63, 3.8) is 0 Å². The van der Waals surface area contributed by atoms with Crippen molar-refractivity contribution in [2.45, 2.75) is 29.7 Å². The van der Waals surface area contributed by atoms with Crippen molar-refractivity contribution in [3.05, 3.63) is 15.4 Å². The van der Waals surface area contributed by atoms with Gasteiger partial charge < -0.3 is 15.2 Å². The Kier molecular flexibility index (Phi) is 3.51. The number of nitrogens with one attached hydrogen (secondary N) is 1. The molecular formula is C9H12N2O6S2. The minimum atomic E-state index is -4.10. The molecule has 0 unspecified atom stereocenters. The van der Waals surface area contributed by atoms with Crippen LogP contribution in [0.2, 0.25) is 0 Å². The third kappa shape index (κ3) is 2.43. The second-order valence-electron chi connectivity index (χ2n) is 4.25. The Labute approximate surface area is 112 Å². The SMILES string of the molecule is Cc1[nH]c(=O)sc1S(=O)(=O)N1C[C@H](O)C[C@H]1C(=O)O. The van der Waals surface area contributed by atoms with E-state index >= 15 is 0 Å². The van der Waals surface area contributed by atoms with E-state index in [2.05, 4.69) is 4.98 Å². The molecule has 0 amide bonds. The van der Waals surface area contributed by atoms with Gasteiger partial charge in [0.05, 0.1) is 6.10 Å². The number of carboxylic acids is 1. The number of nitrogens with zero attached hydrogens (tertiary/aromatic N) is 1. The van der Waals surface area contributed by atoms with E-state index in [1.807, 2.05) is 0 Å². The van der Waals surface area contributed by atoms with Gasteiger partial charge in [0.15, 0.2) is 4.21 Å². The summed E-state index contributed by atoms with van der Waals surface area (Å²) in [5.41, 5.74) is 0.167. The molecule has 1 aromatic rings. The lowest BCUT2D eigenvalue weighted by Gasteiger charge is -2.19. The summed E-state index contributed by atoms with van der Waals surface area (Å²) in [6, 6.07) is -1.31. The number of carboxylic acid groups (broad SMARTS) is 1. The van der Waals surface area contributed by atoms with E-state index in [9.17, 15) is 23.1 Å². The topological polar surface area (TPSA) is 128 Å². The first-order valence-corrected chi connectivity index (χ1v) is 7.61. The summed E-state index contributed by atoms with van der Waals surface area (Å²) in [7, 11) is -4.10. The zero-order valence-electron chi connectivity index (χ0n) is 9.86. The van der Waals surface area contributed by atoms with Crippen LogP contribution in [-0.4, -0.2) is 52.6 Å². The number of aromatic nitrogens is 1. The van der Waals surface area contributed by atoms with Crippen molar-refractivity contribution in [3.8, 4) is 0 Å². The molecule has 8 nitrogen and oxygen atoms in total. The van der Waals surface area contributed by atoms with E-state index in [-0.39, 0.29) is 22.9 Å². The molecule has 2 heterocycles. The minimum Gasteiger partial charge on any atom is -0.480 e. The predicted molar refractivity (Wildman–Crippen MR) is 65.6 cm³/mol. The fraction of sp³-hybridized carbons (Fsp3) is 0.556. The normalized spacial score (nSPS) is 24.7. The van der Waals surface area contributed by atoms with Crippen molar-refractivity contribution in [1.82, 2.24) is 9.29 Å². The van der Waals surface area contributed by atoms with Crippen LogP contribution in [0.15, 0.2) is 9.00 Å². The summed E-state index contributed by atoms with van der Waals surface area (Å²) in [5.74, 6) is -1.32. The van der Waals surface area contributed by atoms with Crippen molar-refractivity contribution in [2.24, 2.45) is 0 Å². The number of thiazole rings is 1. The van der Waals surface area contributed by atoms with Gasteiger partial charge in [-0.1, -0.05) is 11.3 Å². The van der Waals surface area contributed by atoms with Gasteiger partial charge in [0.2, 0.25) is 0 Å². The van der Waals surface area contributed by atoms with Gasteiger partial charge in [-0.3, -0.25) is 9.59 Å². The molecule has 0 aromatic carbocycles. The number of rotatable bonds is 3. The van der Waals surface area contributed by atoms with E-state index in [0.717, 1.165) is 4.31 Å². The lowest BCUT2D eigenvalue weighted by Crippen LogP contribution is -2.40. The van der Waals surface area contributed by atoms with E-state index in [4.69, 9.17) is 5.11 Å². The predicted octanol–water partition coefficient (Wildman–Crippen LogP) is -1.05. The van der Waals surface area contributed by atoms with Crippen LogP contribution in [0.1, 0.15) is 12.1 Å². The number of aliphatic hydroxyl groups excluding tert-OH is 1. The highest BCUT2D eigenvalue weighted by Gasteiger charge is 2.44. The standard InChI is InChI=1S/C9H12N2O6S2/c1-4-8(18-9(15)10-4)19(16,17)11-3-5(12)2-6(11)7(13)14/h5-6,12H,2-3H2,1H3,(H,10,15)(H,13,14)/t5-,6+/m1/s1. The first-order chi connectivity index (χ1) is 8.73. The van der Waals surface area contributed by atoms with Crippen LogP contribution in [0.3, 0.4) is 0 Å². The second-order valence-corrected chi connectivity index (χ2v) is 7.31. The summed E-state index contributed by atoms with van der Waals surface area (Å²) >= 11 is 0.508. The van der Waals surface area contributed by atoms with Gasteiger partial charge in [-0.05, 0) is 6.92 Å². The fourth-order valence-electron chi connectivity index (χ4n) is 2.02. The molecule has 1 aliphatic rings. The molecule has 1 aromatic heterocycles. The van der Waals surface area contributed by atoms with Gasteiger partial charge in [0, 0.05) is 18.7 Å². The van der Waals surface area contributed by atoms with E-state index in [1.54, 1.807) is 0 Å². The van der Waals surface area contributed by atoms with Crippen LogP contribution in [0, 0.1) is 6.92 Å². The van der Waals surface area contributed by atoms with Gasteiger partial charge in [-0.15, -0.1) is 0 Å². The first kappa shape index (κ1) is 14.2. The lowest BCUT2D eigenvalue weighted by atomic mass is 10.2. The van der Waals surface area contributed by atoms with Crippen LogP contribution in [0.5, 0.6) is 0 Å². The van der Waals surface area contributed by atoms with Crippen LogP contribution in [0.25, 0.3) is 0 Å². The Morgan fingerprint density at radius 3 is 2.63 bits per heavy atom. The molecule has 1 fully saturated rings. The average molecular weight is 308 g/mol. The number of hydrogen-bond donors (Lipinski definition) is 3. The van der Waals surface area contributed by atoms with Crippen molar-refractivity contribution in [1.29, 1.82) is 0 Å². The number of aliphatic carboxylic acids is 1. The lowest BCUT2D eigenvalue weighted by molar-refractivity contribution is -0.140. The van der Waals surface area contributed by atoms with Crippen molar-refractivity contribution < 1.29 is 23.4 Å². The van der Waals surface area contributed by atoms with E-state index in [1.165, 1.54) is 6.92 Å². The number of aromatic amines is 1. The molecule has 1 saturated heterocycles. The maximum atomic E-state index is 12.3. The van der Waals surface area contributed by atoms with Crippen molar-refractivity contribution in [2.75, 3.05) is 6.54 Å². The minimum absolute atomic E-state index is 0.160. The molecule has 10 heteroatoms. The van der Waals surface area contributed by atoms with Crippen molar-refractivity contribution >= 4 is 27.3 Å². The molecule has 19 heavy (non-hydrogen) atoms. The maximum absolute atomic E-state index is 12.3. The molecule has 0 saturated carbocycles. The first-order valence-electron chi connectivity index (χ1n) is 5.36. The third-order valence-corrected chi connectivity index (χ3v) is 6.30. The van der Waals surface area contributed by atoms with Crippen LogP contribution < -0.4 is 4.87 Å². The van der Waals surface area contributed by atoms with E-state index < -0.39 is 33.0 Å². The quantitative estimate of drug-likeness (QED) is 0.654.